The Morgan fingerprint density at radius 2 is 1.46 bits per heavy atom. The maximum absolute atomic E-state index is 12.8. The van der Waals surface area contributed by atoms with Crippen molar-refractivity contribution in [1.29, 1.82) is 0 Å². The Bertz CT molecular complexity index is 1200. The van der Waals surface area contributed by atoms with Gasteiger partial charge in [0.15, 0.2) is 11.5 Å². The second-order valence-corrected chi connectivity index (χ2v) is 8.41. The lowest BCUT2D eigenvalue weighted by molar-refractivity contribution is -0.123. The number of rotatable bonds is 11. The average molecular weight is 492 g/mol. The van der Waals surface area contributed by atoms with Gasteiger partial charge in [0.25, 0.3) is 11.1 Å². The van der Waals surface area contributed by atoms with E-state index in [0.717, 1.165) is 23.1 Å². The molecule has 0 aliphatic carbocycles. The lowest BCUT2D eigenvalue weighted by atomic mass is 10.2. The van der Waals surface area contributed by atoms with Crippen molar-refractivity contribution < 1.29 is 28.5 Å². The Morgan fingerprint density at radius 3 is 2.23 bits per heavy atom. The predicted octanol–water partition coefficient (Wildman–Crippen LogP) is 5.27. The molecule has 0 unspecified atom stereocenters. The number of amides is 2. The fourth-order valence-corrected chi connectivity index (χ4v) is 4.22. The fraction of sp³-hybridized carbons (Fsp3) is 0.185. The first-order valence-corrected chi connectivity index (χ1v) is 11.9. The van der Waals surface area contributed by atoms with Crippen LogP contribution in [0, 0.1) is 0 Å². The van der Waals surface area contributed by atoms with Crippen LogP contribution in [-0.2, 0) is 4.79 Å². The van der Waals surface area contributed by atoms with Gasteiger partial charge < -0.3 is 18.9 Å². The van der Waals surface area contributed by atoms with E-state index >= 15 is 0 Å². The van der Waals surface area contributed by atoms with Crippen molar-refractivity contribution in [2.24, 2.45) is 0 Å². The Balaban J connectivity index is 1.30. The minimum absolute atomic E-state index is 0.143. The van der Waals surface area contributed by atoms with Crippen LogP contribution >= 0.6 is 11.8 Å². The first kappa shape index (κ1) is 24.2. The predicted molar refractivity (Wildman–Crippen MR) is 135 cm³/mol. The molecule has 3 aromatic rings. The van der Waals surface area contributed by atoms with Gasteiger partial charge in [-0.05, 0) is 59.8 Å². The molecule has 0 radical (unpaired) electrons. The summed E-state index contributed by atoms with van der Waals surface area (Å²) in [6.45, 7) is 1.09. The van der Waals surface area contributed by atoms with E-state index in [1.165, 1.54) is 4.90 Å². The van der Waals surface area contributed by atoms with Gasteiger partial charge in [0.1, 0.15) is 31.3 Å². The van der Waals surface area contributed by atoms with E-state index in [9.17, 15) is 9.59 Å². The first-order chi connectivity index (χ1) is 17.1. The molecule has 1 heterocycles. The summed E-state index contributed by atoms with van der Waals surface area (Å²) in [6.07, 6.45) is 1.69. The van der Waals surface area contributed by atoms with Gasteiger partial charge in [0.2, 0.25) is 0 Å². The number of benzene rings is 3. The zero-order chi connectivity index (χ0) is 24.5. The average Bonchev–Trinajstić information content (AvgIpc) is 3.15. The van der Waals surface area contributed by atoms with Gasteiger partial charge in [-0.2, -0.15) is 0 Å². The summed E-state index contributed by atoms with van der Waals surface area (Å²) in [5, 5.41) is -0.324. The lowest BCUT2D eigenvalue weighted by Crippen LogP contribution is -2.32. The maximum Gasteiger partial charge on any atom is 0.293 e. The van der Waals surface area contributed by atoms with E-state index in [1.807, 2.05) is 66.7 Å². The molecule has 0 saturated carbocycles. The molecule has 0 bridgehead atoms. The van der Waals surface area contributed by atoms with E-state index in [1.54, 1.807) is 25.3 Å². The number of hydrogen-bond acceptors (Lipinski definition) is 7. The smallest absolute Gasteiger partial charge is 0.293 e. The molecule has 1 aliphatic rings. The zero-order valence-electron chi connectivity index (χ0n) is 19.2. The van der Waals surface area contributed by atoms with Crippen molar-refractivity contribution in [3.05, 3.63) is 89.3 Å². The van der Waals surface area contributed by atoms with Crippen molar-refractivity contribution in [3.8, 4) is 23.0 Å². The highest BCUT2D eigenvalue weighted by Gasteiger charge is 2.34. The largest absolute Gasteiger partial charge is 0.493 e. The van der Waals surface area contributed by atoms with Crippen LogP contribution in [0.25, 0.3) is 6.08 Å². The molecule has 7 nitrogen and oxygen atoms in total. The number of methoxy groups -OCH3 is 1. The molecule has 0 N–H and O–H groups in total. The van der Waals surface area contributed by atoms with Crippen LogP contribution in [-0.4, -0.2) is 49.5 Å². The van der Waals surface area contributed by atoms with Crippen molar-refractivity contribution in [3.63, 3.8) is 0 Å². The molecule has 0 atom stereocenters. The third-order valence-electron chi connectivity index (χ3n) is 5.03. The fourth-order valence-electron chi connectivity index (χ4n) is 3.36. The van der Waals surface area contributed by atoms with Crippen LogP contribution in [0.5, 0.6) is 23.0 Å². The van der Waals surface area contributed by atoms with Crippen LogP contribution in [0.4, 0.5) is 4.79 Å². The highest BCUT2D eigenvalue weighted by atomic mass is 32.2. The summed E-state index contributed by atoms with van der Waals surface area (Å²) < 4.78 is 22.4. The second-order valence-electron chi connectivity index (χ2n) is 7.42. The van der Waals surface area contributed by atoms with E-state index in [2.05, 4.69) is 0 Å². The molecular formula is C27H25NO6S. The number of hydrogen-bond donors (Lipinski definition) is 0. The Kier molecular flexibility index (Phi) is 8.30. The van der Waals surface area contributed by atoms with Crippen LogP contribution in [0.1, 0.15) is 5.56 Å². The molecule has 2 amide bonds. The summed E-state index contributed by atoms with van der Waals surface area (Å²) in [7, 11) is 1.56. The standard InChI is InChI=1S/C27H25NO6S/c1-31-23-12-5-6-13-24(23)34-15-14-28-26(29)25(35-27(28)30)19-20-8-7-11-22(18-20)33-17-16-32-21-9-3-2-4-10-21/h2-13,18-19H,14-17H2,1H3/b25-19-. The molecule has 1 aliphatic heterocycles. The molecule has 1 saturated heterocycles. The van der Waals surface area contributed by atoms with E-state index in [0.29, 0.717) is 35.4 Å². The SMILES string of the molecule is COc1ccccc1OCCN1C(=O)S/C(=C\c2cccc(OCCOc3ccccc3)c2)C1=O. The summed E-state index contributed by atoms with van der Waals surface area (Å²) in [5.41, 5.74) is 0.766. The maximum atomic E-state index is 12.8. The number of imide groups is 1. The van der Waals surface area contributed by atoms with Gasteiger partial charge in [0, 0.05) is 0 Å². The molecular weight excluding hydrogens is 466 g/mol. The van der Waals surface area contributed by atoms with E-state index in [4.69, 9.17) is 18.9 Å². The molecule has 8 heteroatoms. The van der Waals surface area contributed by atoms with Gasteiger partial charge in [-0.1, -0.05) is 42.5 Å². The number of thioether (sulfide) groups is 1. The summed E-state index contributed by atoms with van der Waals surface area (Å²) in [5.74, 6) is 2.25. The van der Waals surface area contributed by atoms with Gasteiger partial charge in [-0.15, -0.1) is 0 Å². The van der Waals surface area contributed by atoms with Crippen LogP contribution in [0.3, 0.4) is 0 Å². The number of nitrogens with zero attached hydrogens (tertiary/aromatic N) is 1. The van der Waals surface area contributed by atoms with Crippen LogP contribution in [0.15, 0.2) is 83.8 Å². The highest BCUT2D eigenvalue weighted by Crippen LogP contribution is 2.33. The van der Waals surface area contributed by atoms with Crippen molar-refractivity contribution in [1.82, 2.24) is 4.90 Å². The highest BCUT2D eigenvalue weighted by molar-refractivity contribution is 8.18. The van der Waals surface area contributed by atoms with E-state index in [-0.39, 0.29) is 24.3 Å². The number of carbonyl (C=O) groups excluding carboxylic acids is 2. The molecule has 4 rings (SSSR count). The number of carbonyl (C=O) groups is 2. The van der Waals surface area contributed by atoms with Gasteiger partial charge in [-0.3, -0.25) is 14.5 Å². The van der Waals surface area contributed by atoms with Crippen molar-refractivity contribution in [2.45, 2.75) is 0 Å². The van der Waals surface area contributed by atoms with Gasteiger partial charge >= 0.3 is 0 Å². The lowest BCUT2D eigenvalue weighted by Gasteiger charge is -2.14. The molecule has 1 fully saturated rings. The zero-order valence-corrected chi connectivity index (χ0v) is 20.0. The normalized spacial score (nSPS) is 14.3. The molecule has 3 aromatic carbocycles. The second kappa shape index (κ2) is 12.0. The molecule has 35 heavy (non-hydrogen) atoms. The quantitative estimate of drug-likeness (QED) is 0.267. The minimum Gasteiger partial charge on any atom is -0.493 e. The molecule has 0 aromatic heterocycles. The Labute approximate surface area is 208 Å². The van der Waals surface area contributed by atoms with Crippen molar-refractivity contribution in [2.75, 3.05) is 33.5 Å². The minimum atomic E-state index is -0.341. The van der Waals surface area contributed by atoms with Gasteiger partial charge in [-0.25, -0.2) is 0 Å². The summed E-state index contributed by atoms with van der Waals surface area (Å²) in [4.78, 5) is 26.8. The topological polar surface area (TPSA) is 74.3 Å². The van der Waals surface area contributed by atoms with Gasteiger partial charge in [0.05, 0.1) is 18.6 Å². The van der Waals surface area contributed by atoms with Crippen molar-refractivity contribution >= 4 is 29.0 Å². The number of ether oxygens (including phenoxy) is 4. The third-order valence-corrected chi connectivity index (χ3v) is 5.94. The summed E-state index contributed by atoms with van der Waals surface area (Å²) in [6, 6.07) is 24.1. The monoisotopic (exact) mass is 491 g/mol. The Hall–Kier alpha value is -3.91. The third kappa shape index (κ3) is 6.58. The van der Waals surface area contributed by atoms with Crippen LogP contribution in [0.2, 0.25) is 0 Å². The molecule has 180 valence electrons. The molecule has 0 spiro atoms. The number of para-hydroxylation sites is 3. The first-order valence-electron chi connectivity index (χ1n) is 11.1. The Morgan fingerprint density at radius 1 is 0.771 bits per heavy atom. The van der Waals surface area contributed by atoms with E-state index < -0.39 is 0 Å². The van der Waals surface area contributed by atoms with Crippen LogP contribution < -0.4 is 18.9 Å². The summed E-state index contributed by atoms with van der Waals surface area (Å²) >= 11 is 0.913.